The maximum Gasteiger partial charge on any atom is 0.244 e. The molecule has 1 fully saturated rings. The molecule has 1 aliphatic rings. The minimum Gasteiger partial charge on any atom is -0.493 e. The van der Waals surface area contributed by atoms with Gasteiger partial charge in [-0.2, -0.15) is 5.10 Å². The highest BCUT2D eigenvalue weighted by Gasteiger charge is 2.32. The number of carbonyl (C=O) groups is 1. The molecule has 1 N–H and O–H groups in total. The maximum absolute atomic E-state index is 12.1. The lowest BCUT2D eigenvalue weighted by atomic mass is 10.0. The SMILES string of the molecule is CCCOc1ccc2ccccc2c1/C=N\NC(=O)[C@@H]1CCS(=O)(=O)C1. The smallest absolute Gasteiger partial charge is 0.244 e. The van der Waals surface area contributed by atoms with E-state index in [2.05, 4.69) is 10.5 Å². The number of nitrogens with zero attached hydrogens (tertiary/aromatic N) is 1. The number of hydrogen-bond donors (Lipinski definition) is 1. The van der Waals surface area contributed by atoms with Crippen LogP contribution < -0.4 is 10.2 Å². The van der Waals surface area contributed by atoms with E-state index in [1.165, 1.54) is 0 Å². The van der Waals surface area contributed by atoms with Gasteiger partial charge in [-0.05, 0) is 29.7 Å². The first-order valence-electron chi connectivity index (χ1n) is 8.68. The van der Waals surface area contributed by atoms with Gasteiger partial charge in [-0.15, -0.1) is 0 Å². The van der Waals surface area contributed by atoms with Crippen molar-refractivity contribution in [2.45, 2.75) is 19.8 Å². The predicted molar refractivity (Wildman–Crippen MR) is 102 cm³/mol. The normalized spacial score (nSPS) is 19.0. The van der Waals surface area contributed by atoms with Crippen LogP contribution in [0.4, 0.5) is 0 Å². The van der Waals surface area contributed by atoms with Crippen LogP contribution in [-0.2, 0) is 14.6 Å². The van der Waals surface area contributed by atoms with Gasteiger partial charge in [0.05, 0.1) is 30.2 Å². The molecule has 1 amide bonds. The molecule has 0 unspecified atom stereocenters. The van der Waals surface area contributed by atoms with E-state index in [0.717, 1.165) is 22.8 Å². The standard InChI is InChI=1S/C19H22N2O4S/c1-2-10-25-18-8-7-14-5-3-4-6-16(14)17(18)12-20-21-19(22)15-9-11-26(23,24)13-15/h3-8,12,15H,2,9-11,13H2,1H3,(H,21,22)/b20-12-/t15-/m1/s1. The van der Waals surface area contributed by atoms with Gasteiger partial charge in [0.25, 0.3) is 0 Å². The molecule has 6 nitrogen and oxygen atoms in total. The number of amides is 1. The van der Waals surface area contributed by atoms with E-state index in [-0.39, 0.29) is 17.4 Å². The number of benzene rings is 2. The summed E-state index contributed by atoms with van der Waals surface area (Å²) >= 11 is 0. The van der Waals surface area contributed by atoms with Crippen LogP contribution in [-0.4, -0.2) is 38.7 Å². The van der Waals surface area contributed by atoms with Crippen LogP contribution in [0.15, 0.2) is 41.5 Å². The summed E-state index contributed by atoms with van der Waals surface area (Å²) in [6.07, 6.45) is 2.80. The highest BCUT2D eigenvalue weighted by atomic mass is 32.2. The number of hydrogen-bond acceptors (Lipinski definition) is 5. The Bertz CT molecular complexity index is 938. The van der Waals surface area contributed by atoms with Crippen molar-refractivity contribution in [1.29, 1.82) is 0 Å². The monoisotopic (exact) mass is 374 g/mol. The zero-order chi connectivity index (χ0) is 18.6. The first-order valence-corrected chi connectivity index (χ1v) is 10.5. The first kappa shape index (κ1) is 18.4. The van der Waals surface area contributed by atoms with E-state index in [4.69, 9.17) is 4.74 Å². The quantitative estimate of drug-likeness (QED) is 0.622. The summed E-state index contributed by atoms with van der Waals surface area (Å²) in [7, 11) is -3.10. The Balaban J connectivity index is 1.80. The summed E-state index contributed by atoms with van der Waals surface area (Å²) in [5, 5.41) is 6.08. The van der Waals surface area contributed by atoms with Crippen LogP contribution in [0.3, 0.4) is 0 Å². The summed E-state index contributed by atoms with van der Waals surface area (Å²) in [6.45, 7) is 2.62. The Morgan fingerprint density at radius 2 is 2.12 bits per heavy atom. The Kier molecular flexibility index (Phi) is 5.56. The van der Waals surface area contributed by atoms with Crippen molar-refractivity contribution in [2.75, 3.05) is 18.1 Å². The summed E-state index contributed by atoms with van der Waals surface area (Å²) in [6, 6.07) is 11.7. The minimum absolute atomic E-state index is 0.0626. The van der Waals surface area contributed by atoms with E-state index >= 15 is 0 Å². The molecule has 0 saturated carbocycles. The van der Waals surface area contributed by atoms with Gasteiger partial charge in [0.15, 0.2) is 9.84 Å². The van der Waals surface area contributed by atoms with E-state index in [0.29, 0.717) is 18.8 Å². The third-order valence-electron chi connectivity index (χ3n) is 4.36. The Morgan fingerprint density at radius 3 is 2.85 bits per heavy atom. The summed E-state index contributed by atoms with van der Waals surface area (Å²) in [4.78, 5) is 12.1. The highest BCUT2D eigenvalue weighted by molar-refractivity contribution is 7.91. The zero-order valence-electron chi connectivity index (χ0n) is 14.6. The molecule has 2 aromatic carbocycles. The van der Waals surface area contributed by atoms with Gasteiger partial charge in [0.1, 0.15) is 5.75 Å². The van der Waals surface area contributed by atoms with Gasteiger partial charge in [-0.3, -0.25) is 4.79 Å². The topological polar surface area (TPSA) is 84.8 Å². The number of ether oxygens (including phenoxy) is 1. The number of sulfone groups is 1. The molecule has 2 aromatic rings. The molecule has 1 heterocycles. The molecule has 7 heteroatoms. The zero-order valence-corrected chi connectivity index (χ0v) is 15.5. The molecule has 3 rings (SSSR count). The fourth-order valence-corrected chi connectivity index (χ4v) is 4.74. The largest absolute Gasteiger partial charge is 0.493 e. The predicted octanol–water partition coefficient (Wildman–Crippen LogP) is 2.51. The fourth-order valence-electron chi connectivity index (χ4n) is 3.00. The van der Waals surface area contributed by atoms with Gasteiger partial charge in [-0.1, -0.05) is 37.3 Å². The van der Waals surface area contributed by atoms with E-state index in [1.54, 1.807) is 6.21 Å². The van der Waals surface area contributed by atoms with Crippen molar-refractivity contribution < 1.29 is 17.9 Å². The lowest BCUT2D eigenvalue weighted by molar-refractivity contribution is -0.124. The number of fused-ring (bicyclic) bond motifs is 1. The van der Waals surface area contributed by atoms with E-state index in [9.17, 15) is 13.2 Å². The van der Waals surface area contributed by atoms with Crippen LogP contribution in [0.2, 0.25) is 0 Å². The van der Waals surface area contributed by atoms with Gasteiger partial charge in [0, 0.05) is 5.56 Å². The van der Waals surface area contributed by atoms with Crippen molar-refractivity contribution in [1.82, 2.24) is 5.43 Å². The molecule has 0 aromatic heterocycles. The molecule has 0 radical (unpaired) electrons. The molecule has 138 valence electrons. The van der Waals surface area contributed by atoms with Gasteiger partial charge < -0.3 is 4.74 Å². The Labute approximate surface area is 153 Å². The van der Waals surface area contributed by atoms with Gasteiger partial charge >= 0.3 is 0 Å². The molecule has 0 spiro atoms. The van der Waals surface area contributed by atoms with Crippen LogP contribution in [0, 0.1) is 5.92 Å². The highest BCUT2D eigenvalue weighted by Crippen LogP contribution is 2.27. The van der Waals surface area contributed by atoms with Crippen LogP contribution in [0.5, 0.6) is 5.75 Å². The average molecular weight is 374 g/mol. The molecule has 0 bridgehead atoms. The second-order valence-electron chi connectivity index (χ2n) is 6.38. The molecule has 0 aliphatic carbocycles. The molecule has 1 aliphatic heterocycles. The first-order chi connectivity index (χ1) is 12.5. The number of hydrazone groups is 1. The van der Waals surface area contributed by atoms with Crippen molar-refractivity contribution in [2.24, 2.45) is 11.0 Å². The van der Waals surface area contributed by atoms with E-state index < -0.39 is 15.8 Å². The molecular formula is C19H22N2O4S. The van der Waals surface area contributed by atoms with Gasteiger partial charge in [0.2, 0.25) is 5.91 Å². The third-order valence-corrected chi connectivity index (χ3v) is 6.13. The lowest BCUT2D eigenvalue weighted by Gasteiger charge is -2.11. The van der Waals surface area contributed by atoms with Crippen LogP contribution in [0.1, 0.15) is 25.3 Å². The molecule has 26 heavy (non-hydrogen) atoms. The lowest BCUT2D eigenvalue weighted by Crippen LogP contribution is -2.27. The summed E-state index contributed by atoms with van der Waals surface area (Å²) in [5.74, 6) is -0.230. The summed E-state index contributed by atoms with van der Waals surface area (Å²) in [5.41, 5.74) is 3.26. The molecule has 1 saturated heterocycles. The van der Waals surface area contributed by atoms with Crippen LogP contribution >= 0.6 is 0 Å². The number of rotatable bonds is 6. The van der Waals surface area contributed by atoms with Crippen molar-refractivity contribution in [3.05, 3.63) is 42.0 Å². The third kappa shape index (κ3) is 4.22. The van der Waals surface area contributed by atoms with E-state index in [1.807, 2.05) is 43.3 Å². The summed E-state index contributed by atoms with van der Waals surface area (Å²) < 4.78 is 28.8. The Morgan fingerprint density at radius 1 is 1.31 bits per heavy atom. The van der Waals surface area contributed by atoms with Crippen molar-refractivity contribution in [3.63, 3.8) is 0 Å². The van der Waals surface area contributed by atoms with Crippen molar-refractivity contribution in [3.8, 4) is 5.75 Å². The number of carbonyl (C=O) groups excluding carboxylic acids is 1. The van der Waals surface area contributed by atoms with Crippen molar-refractivity contribution >= 4 is 32.7 Å². The molecular weight excluding hydrogens is 352 g/mol. The molecule has 1 atom stereocenters. The van der Waals surface area contributed by atoms with Gasteiger partial charge in [-0.25, -0.2) is 13.8 Å². The minimum atomic E-state index is -3.10. The van der Waals surface area contributed by atoms with Crippen LogP contribution in [0.25, 0.3) is 10.8 Å². The average Bonchev–Trinajstić information content (AvgIpc) is 3.00. The second kappa shape index (κ2) is 7.86. The maximum atomic E-state index is 12.1. The fraction of sp³-hybridized carbons (Fsp3) is 0.368. The Hall–Kier alpha value is -2.41. The second-order valence-corrected chi connectivity index (χ2v) is 8.61. The number of nitrogens with one attached hydrogen (secondary N) is 1.